The first-order valence-corrected chi connectivity index (χ1v) is 10.5. The predicted octanol–water partition coefficient (Wildman–Crippen LogP) is 2.91. The molecule has 0 spiro atoms. The van der Waals surface area contributed by atoms with Crippen molar-refractivity contribution in [3.63, 3.8) is 0 Å². The van der Waals surface area contributed by atoms with Crippen LogP contribution in [0.4, 0.5) is 0 Å². The minimum Gasteiger partial charge on any atom is -0.379 e. The van der Waals surface area contributed by atoms with Crippen LogP contribution in [-0.2, 0) is 14.6 Å². The van der Waals surface area contributed by atoms with Crippen LogP contribution in [0, 0.1) is 0 Å². The standard InChI is InChI=1S/C20H25NO3S/c22-25(23,17-7-12-21-13-15-24-16-14-21)20(18-8-3-1-4-9-18)19-10-5-2-6-11-19/h1-6,8-11,20H,7,12-17H2. The van der Waals surface area contributed by atoms with Gasteiger partial charge in [0.1, 0.15) is 5.25 Å². The molecule has 2 aromatic rings. The Labute approximate surface area is 150 Å². The lowest BCUT2D eigenvalue weighted by Gasteiger charge is -2.26. The van der Waals surface area contributed by atoms with E-state index in [-0.39, 0.29) is 5.75 Å². The quantitative estimate of drug-likeness (QED) is 0.763. The molecule has 0 aliphatic carbocycles. The van der Waals surface area contributed by atoms with Crippen LogP contribution in [0.3, 0.4) is 0 Å². The molecule has 134 valence electrons. The van der Waals surface area contributed by atoms with E-state index in [9.17, 15) is 8.42 Å². The number of hydrogen-bond acceptors (Lipinski definition) is 4. The second kappa shape index (κ2) is 8.61. The summed E-state index contributed by atoms with van der Waals surface area (Å²) in [6, 6.07) is 19.0. The van der Waals surface area contributed by atoms with Crippen molar-refractivity contribution in [1.82, 2.24) is 4.90 Å². The second-order valence-corrected chi connectivity index (χ2v) is 8.58. The summed E-state index contributed by atoms with van der Waals surface area (Å²) in [6.45, 7) is 4.06. The van der Waals surface area contributed by atoms with Gasteiger partial charge >= 0.3 is 0 Å². The molecule has 0 saturated carbocycles. The molecule has 0 N–H and O–H groups in total. The number of ether oxygens (including phenoxy) is 1. The van der Waals surface area contributed by atoms with E-state index < -0.39 is 15.1 Å². The van der Waals surface area contributed by atoms with Gasteiger partial charge in [0, 0.05) is 13.1 Å². The minimum absolute atomic E-state index is 0.193. The van der Waals surface area contributed by atoms with Crippen LogP contribution in [0.25, 0.3) is 0 Å². The second-order valence-electron chi connectivity index (χ2n) is 6.38. The molecular formula is C20H25NO3S. The molecule has 5 heteroatoms. The average Bonchev–Trinajstić information content (AvgIpc) is 2.64. The lowest BCUT2D eigenvalue weighted by Crippen LogP contribution is -2.37. The molecule has 0 radical (unpaired) electrons. The highest BCUT2D eigenvalue weighted by Gasteiger charge is 2.28. The first-order valence-electron chi connectivity index (χ1n) is 8.78. The average molecular weight is 359 g/mol. The van der Waals surface area contributed by atoms with Crippen LogP contribution in [0.15, 0.2) is 60.7 Å². The highest BCUT2D eigenvalue weighted by Crippen LogP contribution is 2.31. The third-order valence-corrected chi connectivity index (χ3v) is 6.69. The topological polar surface area (TPSA) is 46.6 Å². The first kappa shape index (κ1) is 18.1. The molecule has 4 nitrogen and oxygen atoms in total. The Balaban J connectivity index is 1.75. The Morgan fingerprint density at radius 2 is 1.40 bits per heavy atom. The molecule has 0 unspecified atom stereocenters. The number of nitrogens with zero attached hydrogens (tertiary/aromatic N) is 1. The van der Waals surface area contributed by atoms with Crippen molar-refractivity contribution in [3.05, 3.63) is 71.8 Å². The molecule has 2 aromatic carbocycles. The van der Waals surface area contributed by atoms with Gasteiger partial charge in [0.2, 0.25) is 0 Å². The Kier molecular flexibility index (Phi) is 6.24. The molecule has 0 amide bonds. The van der Waals surface area contributed by atoms with Crippen LogP contribution >= 0.6 is 0 Å². The van der Waals surface area contributed by atoms with E-state index in [4.69, 9.17) is 4.74 Å². The molecule has 0 aromatic heterocycles. The Bertz CT molecular complexity index is 702. The highest BCUT2D eigenvalue weighted by atomic mass is 32.2. The van der Waals surface area contributed by atoms with Crippen molar-refractivity contribution in [2.24, 2.45) is 0 Å². The minimum atomic E-state index is -3.29. The summed E-state index contributed by atoms with van der Waals surface area (Å²) in [6.07, 6.45) is 0.651. The molecular weight excluding hydrogens is 334 g/mol. The van der Waals surface area contributed by atoms with Crippen molar-refractivity contribution in [2.45, 2.75) is 11.7 Å². The molecule has 1 saturated heterocycles. The van der Waals surface area contributed by atoms with Crippen LogP contribution in [0.1, 0.15) is 22.8 Å². The summed E-state index contributed by atoms with van der Waals surface area (Å²) < 4.78 is 31.6. The van der Waals surface area contributed by atoms with Crippen LogP contribution in [-0.4, -0.2) is 51.9 Å². The number of benzene rings is 2. The van der Waals surface area contributed by atoms with Crippen molar-refractivity contribution < 1.29 is 13.2 Å². The Morgan fingerprint density at radius 1 is 0.880 bits per heavy atom. The zero-order chi connectivity index (χ0) is 17.5. The summed E-state index contributed by atoms with van der Waals surface area (Å²) in [5.41, 5.74) is 1.67. The number of hydrogen-bond donors (Lipinski definition) is 0. The fraction of sp³-hybridized carbons (Fsp3) is 0.400. The van der Waals surface area contributed by atoms with E-state index in [0.717, 1.165) is 44.0 Å². The van der Waals surface area contributed by atoms with Crippen LogP contribution in [0.2, 0.25) is 0 Å². The molecule has 25 heavy (non-hydrogen) atoms. The maximum Gasteiger partial charge on any atom is 0.161 e. The summed E-state index contributed by atoms with van der Waals surface area (Å²) in [5, 5.41) is -0.598. The van der Waals surface area contributed by atoms with E-state index in [0.29, 0.717) is 6.42 Å². The Hall–Kier alpha value is -1.69. The predicted molar refractivity (Wildman–Crippen MR) is 100 cm³/mol. The van der Waals surface area contributed by atoms with E-state index in [2.05, 4.69) is 4.90 Å². The fourth-order valence-corrected chi connectivity index (χ4v) is 5.21. The van der Waals surface area contributed by atoms with Gasteiger partial charge in [-0.25, -0.2) is 8.42 Å². The number of sulfone groups is 1. The Morgan fingerprint density at radius 3 is 1.92 bits per heavy atom. The number of rotatable bonds is 7. The third kappa shape index (κ3) is 4.91. The molecule has 1 aliphatic heterocycles. The van der Waals surface area contributed by atoms with Gasteiger partial charge in [-0.2, -0.15) is 0 Å². The van der Waals surface area contributed by atoms with Gasteiger partial charge in [0.15, 0.2) is 9.84 Å². The van der Waals surface area contributed by atoms with Gasteiger partial charge in [0.25, 0.3) is 0 Å². The van der Waals surface area contributed by atoms with Crippen molar-refractivity contribution in [1.29, 1.82) is 0 Å². The SMILES string of the molecule is O=S(=O)(CCCN1CCOCC1)C(c1ccccc1)c1ccccc1. The largest absolute Gasteiger partial charge is 0.379 e. The van der Waals surface area contributed by atoms with E-state index in [1.807, 2.05) is 60.7 Å². The molecule has 0 atom stereocenters. The molecule has 0 bridgehead atoms. The third-order valence-electron chi connectivity index (χ3n) is 4.57. The lowest BCUT2D eigenvalue weighted by atomic mass is 10.0. The highest BCUT2D eigenvalue weighted by molar-refractivity contribution is 7.91. The van der Waals surface area contributed by atoms with Crippen molar-refractivity contribution in [2.75, 3.05) is 38.6 Å². The zero-order valence-corrected chi connectivity index (χ0v) is 15.2. The normalized spacial score (nSPS) is 16.2. The molecule has 1 fully saturated rings. The van der Waals surface area contributed by atoms with E-state index in [1.165, 1.54) is 0 Å². The smallest absolute Gasteiger partial charge is 0.161 e. The lowest BCUT2D eigenvalue weighted by molar-refractivity contribution is 0.0381. The number of morpholine rings is 1. The van der Waals surface area contributed by atoms with Crippen LogP contribution < -0.4 is 0 Å². The summed E-state index contributed by atoms with van der Waals surface area (Å²) in [5.74, 6) is 0.193. The van der Waals surface area contributed by atoms with Crippen LogP contribution in [0.5, 0.6) is 0 Å². The van der Waals surface area contributed by atoms with Crippen molar-refractivity contribution >= 4 is 9.84 Å². The molecule has 1 heterocycles. The van der Waals surface area contributed by atoms with Gasteiger partial charge in [0.05, 0.1) is 19.0 Å². The van der Waals surface area contributed by atoms with Crippen molar-refractivity contribution in [3.8, 4) is 0 Å². The maximum absolute atomic E-state index is 13.1. The molecule has 1 aliphatic rings. The summed E-state index contributed by atoms with van der Waals surface area (Å²) >= 11 is 0. The zero-order valence-electron chi connectivity index (χ0n) is 14.4. The monoisotopic (exact) mass is 359 g/mol. The van der Waals surface area contributed by atoms with Gasteiger partial charge in [-0.3, -0.25) is 4.90 Å². The van der Waals surface area contributed by atoms with Gasteiger partial charge in [-0.1, -0.05) is 60.7 Å². The van der Waals surface area contributed by atoms with Gasteiger partial charge in [-0.15, -0.1) is 0 Å². The summed E-state index contributed by atoms with van der Waals surface area (Å²) in [7, 11) is -3.29. The summed E-state index contributed by atoms with van der Waals surface area (Å²) in [4.78, 5) is 2.28. The fourth-order valence-electron chi connectivity index (χ4n) is 3.29. The maximum atomic E-state index is 13.1. The van der Waals surface area contributed by atoms with Gasteiger partial charge < -0.3 is 4.74 Å². The van der Waals surface area contributed by atoms with E-state index in [1.54, 1.807) is 0 Å². The molecule has 3 rings (SSSR count). The van der Waals surface area contributed by atoms with E-state index >= 15 is 0 Å². The first-order chi connectivity index (χ1) is 12.2. The van der Waals surface area contributed by atoms with Gasteiger partial charge in [-0.05, 0) is 24.1 Å².